The van der Waals surface area contributed by atoms with E-state index in [1.807, 2.05) is 18.2 Å². The Balaban J connectivity index is 1.45. The summed E-state index contributed by atoms with van der Waals surface area (Å²) in [6, 6.07) is 6.84. The van der Waals surface area contributed by atoms with E-state index in [-0.39, 0.29) is 29.9 Å². The van der Waals surface area contributed by atoms with Gasteiger partial charge in [-0.3, -0.25) is 0 Å². The van der Waals surface area contributed by atoms with E-state index in [0.717, 1.165) is 82.7 Å². The maximum atomic E-state index is 12.9. The Hall–Kier alpha value is -5.00. The van der Waals surface area contributed by atoms with Gasteiger partial charge in [0.25, 0.3) is 0 Å². The maximum Gasteiger partial charge on any atom is 0.338 e. The van der Waals surface area contributed by atoms with Crippen molar-refractivity contribution in [1.29, 1.82) is 0 Å². The average Bonchev–Trinajstić information content (AvgIpc) is 3.27. The summed E-state index contributed by atoms with van der Waals surface area (Å²) in [5, 5.41) is 9.95. The second kappa shape index (κ2) is 26.3. The number of nitrogens with zero attached hydrogens (tertiary/aromatic N) is 3. The van der Waals surface area contributed by atoms with E-state index in [9.17, 15) is 14.4 Å². The number of aromatic nitrogens is 3. The smallest absolute Gasteiger partial charge is 0.338 e. The second-order valence-corrected chi connectivity index (χ2v) is 16.1. The van der Waals surface area contributed by atoms with Crippen molar-refractivity contribution in [3.63, 3.8) is 0 Å². The van der Waals surface area contributed by atoms with Gasteiger partial charge in [-0.2, -0.15) is 15.0 Å². The summed E-state index contributed by atoms with van der Waals surface area (Å²) >= 11 is 0. The van der Waals surface area contributed by atoms with Crippen molar-refractivity contribution < 1.29 is 28.6 Å². The fourth-order valence-corrected chi connectivity index (χ4v) is 7.01. The van der Waals surface area contributed by atoms with Gasteiger partial charge in [0.05, 0.1) is 37.0 Å². The van der Waals surface area contributed by atoms with Crippen LogP contribution in [0.4, 0.5) is 23.5 Å². The van der Waals surface area contributed by atoms with E-state index >= 15 is 0 Å². The first kappa shape index (κ1) is 47.7. The van der Waals surface area contributed by atoms with Gasteiger partial charge in [0.2, 0.25) is 17.8 Å². The average molecular weight is 827 g/mol. The number of hydrogen-bond acceptors (Lipinski definition) is 12. The molecule has 1 heterocycles. The zero-order valence-electron chi connectivity index (χ0n) is 37.0. The molecule has 1 aromatic heterocycles. The fraction of sp³-hybridized carbons (Fsp3) is 0.583. The van der Waals surface area contributed by atoms with Gasteiger partial charge in [-0.1, -0.05) is 118 Å². The van der Waals surface area contributed by atoms with E-state index in [4.69, 9.17) is 14.2 Å². The van der Waals surface area contributed by atoms with Gasteiger partial charge >= 0.3 is 17.9 Å². The molecule has 328 valence electrons. The first-order chi connectivity index (χ1) is 29.2. The van der Waals surface area contributed by atoms with Crippen molar-refractivity contribution in [3.05, 3.63) is 77.1 Å². The normalized spacial score (nSPS) is 16.4. The molecule has 0 spiro atoms. The van der Waals surface area contributed by atoms with Crippen molar-refractivity contribution in [1.82, 2.24) is 15.0 Å². The minimum Gasteiger partial charge on any atom is -0.462 e. The molecule has 2 aliphatic carbocycles. The molecule has 0 amide bonds. The number of rotatable bonds is 27. The summed E-state index contributed by atoms with van der Waals surface area (Å²) in [6.45, 7) is 14.2. The molecule has 0 radical (unpaired) electrons. The zero-order valence-corrected chi connectivity index (χ0v) is 37.0. The molecular formula is C48H70N6O6. The summed E-state index contributed by atoms with van der Waals surface area (Å²) in [5.41, 5.74) is 3.17. The molecule has 0 aliphatic heterocycles. The molecule has 2 aliphatic rings. The first-order valence-electron chi connectivity index (χ1n) is 22.6. The summed E-state index contributed by atoms with van der Waals surface area (Å²) in [4.78, 5) is 52.6. The fourth-order valence-electron chi connectivity index (χ4n) is 7.01. The second-order valence-electron chi connectivity index (χ2n) is 16.1. The minimum absolute atomic E-state index is 0.183. The molecule has 0 saturated carbocycles. The Morgan fingerprint density at radius 1 is 0.650 bits per heavy atom. The molecule has 0 fully saturated rings. The largest absolute Gasteiger partial charge is 0.462 e. The quantitative estimate of drug-likeness (QED) is 0.0580. The number of esters is 3. The van der Waals surface area contributed by atoms with Crippen LogP contribution in [0.2, 0.25) is 0 Å². The Morgan fingerprint density at radius 2 is 1.18 bits per heavy atom. The van der Waals surface area contributed by atoms with E-state index in [1.165, 1.54) is 0 Å². The van der Waals surface area contributed by atoms with Crippen LogP contribution in [0.5, 0.6) is 0 Å². The van der Waals surface area contributed by atoms with Crippen molar-refractivity contribution in [2.75, 3.05) is 35.8 Å². The van der Waals surface area contributed by atoms with E-state index in [2.05, 4.69) is 72.4 Å². The highest BCUT2D eigenvalue weighted by molar-refractivity contribution is 5.92. The van der Waals surface area contributed by atoms with Crippen LogP contribution >= 0.6 is 0 Å². The van der Waals surface area contributed by atoms with Gasteiger partial charge < -0.3 is 30.2 Å². The van der Waals surface area contributed by atoms with Crippen LogP contribution < -0.4 is 16.0 Å². The lowest BCUT2D eigenvalue weighted by atomic mass is 10.00. The van der Waals surface area contributed by atoms with Crippen LogP contribution in [0, 0.1) is 17.8 Å². The summed E-state index contributed by atoms with van der Waals surface area (Å²) in [5.74, 6) is 1.11. The Bertz CT molecular complexity index is 1790. The molecule has 3 N–H and O–H groups in total. The highest BCUT2D eigenvalue weighted by Gasteiger charge is 2.21. The molecule has 12 heteroatoms. The number of carbonyl (C=O) groups excluding carboxylic acids is 3. The predicted molar refractivity (Wildman–Crippen MR) is 240 cm³/mol. The summed E-state index contributed by atoms with van der Waals surface area (Å²) in [6.07, 6.45) is 23.8. The number of unbranched alkanes of at least 4 members (excludes halogenated alkanes) is 3. The highest BCUT2D eigenvalue weighted by atomic mass is 16.5. The maximum absolute atomic E-state index is 12.9. The molecular weight excluding hydrogens is 757 g/mol. The Kier molecular flexibility index (Phi) is 20.9. The van der Waals surface area contributed by atoms with Crippen LogP contribution in [0.3, 0.4) is 0 Å². The topological polar surface area (TPSA) is 154 Å². The first-order valence-corrected chi connectivity index (χ1v) is 22.6. The number of nitrogens with one attached hydrogen (secondary N) is 3. The molecule has 4 unspecified atom stereocenters. The summed E-state index contributed by atoms with van der Waals surface area (Å²) in [7, 11) is 0. The number of benzene rings is 1. The van der Waals surface area contributed by atoms with Crippen LogP contribution in [0.1, 0.15) is 148 Å². The zero-order chi connectivity index (χ0) is 43.1. The number of anilines is 4. The monoisotopic (exact) mass is 827 g/mol. The van der Waals surface area contributed by atoms with E-state index < -0.39 is 0 Å². The lowest BCUT2D eigenvalue weighted by Crippen LogP contribution is -2.23. The molecule has 0 bridgehead atoms. The molecule has 0 saturated heterocycles. The van der Waals surface area contributed by atoms with Gasteiger partial charge in [-0.05, 0) is 92.7 Å². The van der Waals surface area contributed by atoms with E-state index in [0.29, 0.717) is 91.1 Å². The molecule has 4 atom stereocenters. The number of allylic oxidation sites excluding steroid dienone is 3. The molecule has 1 aromatic carbocycles. The Labute approximate surface area is 358 Å². The van der Waals surface area contributed by atoms with Crippen molar-refractivity contribution in [2.24, 2.45) is 17.8 Å². The van der Waals surface area contributed by atoms with Crippen LogP contribution in [-0.4, -0.2) is 58.7 Å². The van der Waals surface area contributed by atoms with Gasteiger partial charge in [-0.15, -0.1) is 0 Å². The van der Waals surface area contributed by atoms with Crippen molar-refractivity contribution in [3.8, 4) is 0 Å². The van der Waals surface area contributed by atoms with Crippen molar-refractivity contribution in [2.45, 2.75) is 144 Å². The van der Waals surface area contributed by atoms with Gasteiger partial charge in [0.1, 0.15) is 0 Å². The van der Waals surface area contributed by atoms with Crippen LogP contribution in [0.15, 0.2) is 71.5 Å². The molecule has 4 rings (SSSR count). The predicted octanol–water partition coefficient (Wildman–Crippen LogP) is 11.2. The third-order valence-electron chi connectivity index (χ3n) is 11.3. The molecule has 12 nitrogen and oxygen atoms in total. The lowest BCUT2D eigenvalue weighted by Gasteiger charge is -2.20. The summed E-state index contributed by atoms with van der Waals surface area (Å²) < 4.78 is 17.0. The number of carbonyl (C=O) groups is 3. The van der Waals surface area contributed by atoms with Crippen LogP contribution in [-0.2, 0) is 23.8 Å². The Morgan fingerprint density at radius 3 is 1.68 bits per heavy atom. The third-order valence-corrected chi connectivity index (χ3v) is 11.3. The standard InChI is InChI=1S/C48H70N6O6/c1-7-13-16-34(10-4)31-58-43(55)37-19-25-40(26-20-37)49-46-52-47(50-41-27-21-38(22-28-41)44(56)59-32-35(11-5)17-14-8-2)54-48(53-46)51-42-29-23-39(24-30-42)45(57)60-33-36(12-6)18-15-9-3/h19-23,25-27,29,34-36,41H,7-18,24,28,30-33H2,1-6H3,(H3,49,50,51,52,53,54). The van der Waals surface area contributed by atoms with Gasteiger partial charge in [0.15, 0.2) is 0 Å². The number of ether oxygens (including phenoxy) is 3. The van der Waals surface area contributed by atoms with Gasteiger partial charge in [-0.25, -0.2) is 14.4 Å². The van der Waals surface area contributed by atoms with E-state index in [1.54, 1.807) is 36.4 Å². The van der Waals surface area contributed by atoms with Gasteiger partial charge in [0, 0.05) is 17.0 Å². The lowest BCUT2D eigenvalue weighted by molar-refractivity contribution is -0.141. The molecule has 60 heavy (non-hydrogen) atoms. The third kappa shape index (κ3) is 16.2. The SMILES string of the molecule is CCCCC(CC)COC(=O)C1=CCC(Nc2nc(NC3=CC=C(C(=O)OCC(CC)CCCC)CC3)nc(Nc3ccc(C(=O)OCC(CC)CCCC)cc3)n2)C=C1. The highest BCUT2D eigenvalue weighted by Crippen LogP contribution is 2.25. The minimum atomic E-state index is -0.346. The number of hydrogen-bond donors (Lipinski definition) is 3. The van der Waals surface area contributed by atoms with Crippen molar-refractivity contribution >= 4 is 41.4 Å². The molecule has 2 aromatic rings. The van der Waals surface area contributed by atoms with Crippen LogP contribution in [0.25, 0.3) is 0 Å².